The summed E-state index contributed by atoms with van der Waals surface area (Å²) >= 11 is 0. The molecule has 0 amide bonds. The Morgan fingerprint density at radius 2 is 2.15 bits per heavy atom. The first-order valence-corrected chi connectivity index (χ1v) is 7.03. The Morgan fingerprint density at radius 3 is 2.85 bits per heavy atom. The zero-order valence-corrected chi connectivity index (χ0v) is 11.5. The maximum atomic E-state index is 11.4. The van der Waals surface area contributed by atoms with Crippen LogP contribution in [0.3, 0.4) is 0 Å². The molecule has 1 aliphatic rings. The second-order valence-corrected chi connectivity index (χ2v) is 5.64. The van der Waals surface area contributed by atoms with E-state index in [1.54, 1.807) is 12.1 Å². The third-order valence-electron chi connectivity index (χ3n) is 3.99. The largest absolute Gasteiger partial charge is 0.478 e. The summed E-state index contributed by atoms with van der Waals surface area (Å²) in [4.78, 5) is 15.9. The highest BCUT2D eigenvalue weighted by molar-refractivity contribution is 6.03. The number of carboxylic acids is 1. The van der Waals surface area contributed by atoms with Crippen molar-refractivity contribution in [1.82, 2.24) is 4.98 Å². The maximum absolute atomic E-state index is 11.4. The van der Waals surface area contributed by atoms with Gasteiger partial charge in [0.05, 0.1) is 11.1 Å². The molecule has 3 rings (SSSR count). The number of rotatable bonds is 3. The molecule has 2 N–H and O–H groups in total. The molecular formula is C16H18N2O2. The predicted molar refractivity (Wildman–Crippen MR) is 79.1 cm³/mol. The normalized spacial score (nSPS) is 22.1. The minimum Gasteiger partial charge on any atom is -0.478 e. The first-order chi connectivity index (χ1) is 9.63. The number of benzene rings is 1. The topological polar surface area (TPSA) is 62.2 Å². The van der Waals surface area contributed by atoms with Crippen molar-refractivity contribution in [1.29, 1.82) is 0 Å². The fourth-order valence-electron chi connectivity index (χ4n) is 2.97. The van der Waals surface area contributed by atoms with E-state index in [4.69, 9.17) is 0 Å². The molecule has 0 saturated heterocycles. The molecule has 104 valence electrons. The number of nitrogens with zero attached hydrogens (tertiary/aromatic N) is 1. The molecule has 1 saturated carbocycles. The number of aromatic carboxylic acids is 1. The number of fused-ring (bicyclic) bond motifs is 1. The molecule has 1 aliphatic carbocycles. The molecular weight excluding hydrogens is 252 g/mol. The lowest BCUT2D eigenvalue weighted by Gasteiger charge is -2.14. The van der Waals surface area contributed by atoms with Crippen LogP contribution in [0.5, 0.6) is 0 Å². The Balaban J connectivity index is 1.97. The van der Waals surface area contributed by atoms with E-state index in [0.29, 0.717) is 22.8 Å². The molecule has 1 heterocycles. The van der Waals surface area contributed by atoms with Gasteiger partial charge in [-0.2, -0.15) is 0 Å². The van der Waals surface area contributed by atoms with Crippen LogP contribution in [0.2, 0.25) is 0 Å². The molecule has 2 atom stereocenters. The van der Waals surface area contributed by atoms with Gasteiger partial charge in [0, 0.05) is 11.4 Å². The van der Waals surface area contributed by atoms with E-state index in [1.165, 1.54) is 6.42 Å². The van der Waals surface area contributed by atoms with Crippen molar-refractivity contribution < 1.29 is 9.90 Å². The highest BCUT2D eigenvalue weighted by atomic mass is 16.4. The van der Waals surface area contributed by atoms with Gasteiger partial charge in [-0.05, 0) is 37.3 Å². The van der Waals surface area contributed by atoms with E-state index in [0.717, 1.165) is 24.3 Å². The van der Waals surface area contributed by atoms with Gasteiger partial charge in [0.2, 0.25) is 0 Å². The van der Waals surface area contributed by atoms with Crippen LogP contribution in [0.1, 0.15) is 36.5 Å². The lowest BCUT2D eigenvalue weighted by molar-refractivity contribution is 0.0699. The van der Waals surface area contributed by atoms with E-state index < -0.39 is 5.97 Å². The number of carboxylic acid groups (broad SMARTS) is 1. The van der Waals surface area contributed by atoms with Crippen molar-refractivity contribution in [2.45, 2.75) is 32.2 Å². The number of carbonyl (C=O) groups is 1. The highest BCUT2D eigenvalue weighted by Crippen LogP contribution is 2.28. The Labute approximate surface area is 117 Å². The summed E-state index contributed by atoms with van der Waals surface area (Å²) in [5.41, 5.74) is 1.03. The molecule has 1 aromatic heterocycles. The average Bonchev–Trinajstić information content (AvgIpc) is 2.83. The van der Waals surface area contributed by atoms with Crippen LogP contribution in [-0.4, -0.2) is 22.1 Å². The number of aromatic nitrogens is 1. The summed E-state index contributed by atoms with van der Waals surface area (Å²) in [7, 11) is 0. The number of hydrogen-bond acceptors (Lipinski definition) is 3. The van der Waals surface area contributed by atoms with Crippen molar-refractivity contribution in [3.63, 3.8) is 0 Å². The molecule has 0 spiro atoms. The van der Waals surface area contributed by atoms with Crippen LogP contribution in [0, 0.1) is 5.92 Å². The van der Waals surface area contributed by atoms with E-state index in [2.05, 4.69) is 17.2 Å². The van der Waals surface area contributed by atoms with Crippen LogP contribution in [0.4, 0.5) is 5.82 Å². The van der Waals surface area contributed by atoms with E-state index in [-0.39, 0.29) is 0 Å². The molecule has 0 aliphatic heterocycles. The minimum absolute atomic E-state index is 0.309. The fourth-order valence-corrected chi connectivity index (χ4v) is 2.97. The third kappa shape index (κ3) is 2.46. The van der Waals surface area contributed by atoms with Crippen LogP contribution in [0.15, 0.2) is 30.3 Å². The third-order valence-corrected chi connectivity index (χ3v) is 3.99. The van der Waals surface area contributed by atoms with E-state index in [9.17, 15) is 9.90 Å². The van der Waals surface area contributed by atoms with Gasteiger partial charge in [-0.25, -0.2) is 9.78 Å². The van der Waals surface area contributed by atoms with Gasteiger partial charge in [-0.1, -0.05) is 25.1 Å². The van der Waals surface area contributed by atoms with E-state index in [1.807, 2.05) is 18.2 Å². The molecule has 1 aromatic carbocycles. The van der Waals surface area contributed by atoms with Crippen molar-refractivity contribution in [2.75, 3.05) is 5.32 Å². The average molecular weight is 270 g/mol. The van der Waals surface area contributed by atoms with Gasteiger partial charge < -0.3 is 10.4 Å². The van der Waals surface area contributed by atoms with Crippen molar-refractivity contribution in [2.24, 2.45) is 5.92 Å². The van der Waals surface area contributed by atoms with Gasteiger partial charge in [0.25, 0.3) is 0 Å². The summed E-state index contributed by atoms with van der Waals surface area (Å²) in [5.74, 6) is 0.485. The smallest absolute Gasteiger partial charge is 0.336 e. The Hall–Kier alpha value is -2.10. The van der Waals surface area contributed by atoms with Gasteiger partial charge >= 0.3 is 5.97 Å². The quantitative estimate of drug-likeness (QED) is 0.895. The van der Waals surface area contributed by atoms with Gasteiger partial charge in [0.15, 0.2) is 0 Å². The standard InChI is InChI=1S/C16H18N2O2/c1-10-6-7-11(8-10)17-15-9-13(16(19)20)12-4-2-3-5-14(12)18-15/h2-5,9-11H,6-8H2,1H3,(H,17,18)(H,19,20). The predicted octanol–water partition coefficient (Wildman–Crippen LogP) is 3.53. The Bertz CT molecular complexity index is 654. The lowest BCUT2D eigenvalue weighted by Crippen LogP contribution is -2.16. The molecule has 2 aromatic rings. The number of hydrogen-bond donors (Lipinski definition) is 2. The first-order valence-electron chi connectivity index (χ1n) is 7.03. The molecule has 1 fully saturated rings. The summed E-state index contributed by atoms with van der Waals surface area (Å²) in [6.45, 7) is 2.25. The summed E-state index contributed by atoms with van der Waals surface area (Å²) in [6, 6.07) is 9.41. The van der Waals surface area contributed by atoms with Crippen LogP contribution in [-0.2, 0) is 0 Å². The monoisotopic (exact) mass is 270 g/mol. The van der Waals surface area contributed by atoms with Crippen molar-refractivity contribution in [3.05, 3.63) is 35.9 Å². The highest BCUT2D eigenvalue weighted by Gasteiger charge is 2.22. The first kappa shape index (κ1) is 12.9. The molecule has 0 radical (unpaired) electrons. The number of para-hydroxylation sites is 1. The fraction of sp³-hybridized carbons (Fsp3) is 0.375. The molecule has 4 heteroatoms. The summed E-state index contributed by atoms with van der Waals surface area (Å²) in [5, 5.41) is 13.4. The van der Waals surface area contributed by atoms with Crippen molar-refractivity contribution >= 4 is 22.7 Å². The van der Waals surface area contributed by atoms with Crippen LogP contribution in [0.25, 0.3) is 10.9 Å². The number of nitrogens with one attached hydrogen (secondary N) is 1. The Morgan fingerprint density at radius 1 is 1.35 bits per heavy atom. The summed E-state index contributed by atoms with van der Waals surface area (Å²) < 4.78 is 0. The lowest BCUT2D eigenvalue weighted by atomic mass is 10.1. The van der Waals surface area contributed by atoms with Gasteiger partial charge in [-0.3, -0.25) is 0 Å². The molecule has 20 heavy (non-hydrogen) atoms. The second kappa shape index (κ2) is 5.12. The maximum Gasteiger partial charge on any atom is 0.336 e. The minimum atomic E-state index is -0.911. The summed E-state index contributed by atoms with van der Waals surface area (Å²) in [6.07, 6.45) is 3.46. The molecule has 4 nitrogen and oxygen atoms in total. The molecule has 0 bridgehead atoms. The van der Waals surface area contributed by atoms with Crippen molar-refractivity contribution in [3.8, 4) is 0 Å². The van der Waals surface area contributed by atoms with Gasteiger partial charge in [0.1, 0.15) is 5.82 Å². The SMILES string of the molecule is CC1CCC(Nc2cc(C(=O)O)c3ccccc3n2)C1. The second-order valence-electron chi connectivity index (χ2n) is 5.64. The van der Waals surface area contributed by atoms with Crippen LogP contribution >= 0.6 is 0 Å². The van der Waals surface area contributed by atoms with E-state index >= 15 is 0 Å². The zero-order valence-electron chi connectivity index (χ0n) is 11.5. The molecule has 2 unspecified atom stereocenters. The van der Waals surface area contributed by atoms with Crippen LogP contribution < -0.4 is 5.32 Å². The Kier molecular flexibility index (Phi) is 3.30. The number of anilines is 1. The zero-order chi connectivity index (χ0) is 14.1. The number of pyridine rings is 1. The van der Waals surface area contributed by atoms with Gasteiger partial charge in [-0.15, -0.1) is 0 Å².